The van der Waals surface area contributed by atoms with Gasteiger partial charge in [0.2, 0.25) is 0 Å². The zero-order valence-electron chi connectivity index (χ0n) is 10.9. The average molecular weight is 272 g/mol. The van der Waals surface area contributed by atoms with E-state index in [-0.39, 0.29) is 5.75 Å². The van der Waals surface area contributed by atoms with E-state index in [1.807, 2.05) is 6.92 Å². The summed E-state index contributed by atoms with van der Waals surface area (Å²) in [7, 11) is 1.43. The molecule has 0 spiro atoms. The topological polar surface area (TPSA) is 35.2 Å². The number of halogens is 2. The summed E-state index contributed by atoms with van der Waals surface area (Å²) >= 11 is 6.05. The molecule has 18 heavy (non-hydrogen) atoms. The van der Waals surface area contributed by atoms with Crippen LogP contribution in [0.2, 0.25) is 5.02 Å². The monoisotopic (exact) mass is 271 g/mol. The number of hydrogen-bond acceptors (Lipinski definition) is 2. The lowest BCUT2D eigenvalue weighted by atomic mass is 9.77. The van der Waals surface area contributed by atoms with Crippen LogP contribution >= 0.6 is 11.6 Å². The summed E-state index contributed by atoms with van der Waals surface area (Å²) in [6, 6.07) is 1.77. The average Bonchev–Trinajstić information content (AvgIpc) is 2.35. The van der Waals surface area contributed by atoms with Crippen LogP contribution in [0.1, 0.15) is 43.2 Å². The maximum Gasteiger partial charge on any atom is 0.173 e. The lowest BCUT2D eigenvalue weighted by Gasteiger charge is -2.34. The van der Waals surface area contributed by atoms with Gasteiger partial charge in [0.1, 0.15) is 0 Å². The van der Waals surface area contributed by atoms with E-state index in [2.05, 4.69) is 0 Å². The second-order valence-electron chi connectivity index (χ2n) is 5.12. The summed E-state index contributed by atoms with van der Waals surface area (Å²) in [6.07, 6.45) is 4.88. The number of nitrogens with two attached hydrogens (primary N) is 1. The van der Waals surface area contributed by atoms with Gasteiger partial charge in [-0.3, -0.25) is 0 Å². The Hall–Kier alpha value is -0.800. The molecule has 100 valence electrons. The fraction of sp³-hybridized carbons (Fsp3) is 0.571. The number of methoxy groups -OCH3 is 1. The first-order valence-corrected chi connectivity index (χ1v) is 6.69. The highest BCUT2D eigenvalue weighted by atomic mass is 35.5. The fourth-order valence-electron chi connectivity index (χ4n) is 2.73. The van der Waals surface area contributed by atoms with Gasteiger partial charge in [-0.2, -0.15) is 0 Å². The van der Waals surface area contributed by atoms with E-state index in [1.165, 1.54) is 13.5 Å². The second-order valence-corrected chi connectivity index (χ2v) is 5.50. The van der Waals surface area contributed by atoms with Crippen molar-refractivity contribution in [1.82, 2.24) is 0 Å². The molecule has 2 nitrogen and oxygen atoms in total. The van der Waals surface area contributed by atoms with Crippen molar-refractivity contribution in [2.24, 2.45) is 5.73 Å². The zero-order chi connectivity index (χ0) is 13.3. The van der Waals surface area contributed by atoms with Gasteiger partial charge >= 0.3 is 0 Å². The van der Waals surface area contributed by atoms with Crippen LogP contribution in [0.3, 0.4) is 0 Å². The van der Waals surface area contributed by atoms with Gasteiger partial charge in [0.05, 0.1) is 12.1 Å². The quantitative estimate of drug-likeness (QED) is 0.885. The van der Waals surface area contributed by atoms with Crippen molar-refractivity contribution in [3.8, 4) is 5.75 Å². The highest BCUT2D eigenvalue weighted by Crippen LogP contribution is 2.41. The summed E-state index contributed by atoms with van der Waals surface area (Å²) in [6.45, 7) is 1.85. The SMILES string of the molecule is COc1c(F)c(C2(N)CCCCC2)cc(C)c1Cl. The minimum atomic E-state index is -0.578. The fourth-order valence-corrected chi connectivity index (χ4v) is 2.95. The van der Waals surface area contributed by atoms with Crippen LogP contribution in [0.4, 0.5) is 4.39 Å². The molecule has 4 heteroatoms. The van der Waals surface area contributed by atoms with Gasteiger partial charge in [-0.15, -0.1) is 0 Å². The first-order chi connectivity index (χ1) is 8.49. The van der Waals surface area contributed by atoms with E-state index in [9.17, 15) is 4.39 Å². The van der Waals surface area contributed by atoms with E-state index in [1.54, 1.807) is 6.07 Å². The van der Waals surface area contributed by atoms with Crippen LogP contribution in [0.5, 0.6) is 5.75 Å². The van der Waals surface area contributed by atoms with Crippen molar-refractivity contribution in [2.75, 3.05) is 7.11 Å². The van der Waals surface area contributed by atoms with E-state index in [0.29, 0.717) is 10.6 Å². The maximum absolute atomic E-state index is 14.5. The maximum atomic E-state index is 14.5. The molecule has 1 aromatic rings. The van der Waals surface area contributed by atoms with Gasteiger partial charge in [0.25, 0.3) is 0 Å². The standard InChI is InChI=1S/C14H19ClFNO/c1-9-8-10(12(16)13(18-2)11(9)15)14(17)6-4-3-5-7-14/h8H,3-7,17H2,1-2H3. The molecule has 0 saturated heterocycles. The first kappa shape index (κ1) is 13.6. The highest BCUT2D eigenvalue weighted by Gasteiger charge is 2.34. The van der Waals surface area contributed by atoms with Crippen molar-refractivity contribution in [2.45, 2.75) is 44.6 Å². The van der Waals surface area contributed by atoms with Crippen LogP contribution in [-0.4, -0.2) is 7.11 Å². The third kappa shape index (κ3) is 2.21. The van der Waals surface area contributed by atoms with Gasteiger partial charge in [0.15, 0.2) is 11.6 Å². The summed E-state index contributed by atoms with van der Waals surface area (Å²) in [5.41, 5.74) is 7.16. The normalized spacial score (nSPS) is 18.7. The molecule has 0 bridgehead atoms. The smallest absolute Gasteiger partial charge is 0.173 e. The molecule has 1 fully saturated rings. The first-order valence-electron chi connectivity index (χ1n) is 6.31. The van der Waals surface area contributed by atoms with Gasteiger partial charge in [-0.25, -0.2) is 4.39 Å². The van der Waals surface area contributed by atoms with Crippen molar-refractivity contribution in [3.05, 3.63) is 28.0 Å². The van der Waals surface area contributed by atoms with Crippen LogP contribution in [0.25, 0.3) is 0 Å². The molecular formula is C14H19ClFNO. The van der Waals surface area contributed by atoms with Crippen LogP contribution in [0.15, 0.2) is 6.07 Å². The summed E-state index contributed by atoms with van der Waals surface area (Å²) in [5, 5.41) is 0.332. The third-order valence-corrected chi connectivity index (χ3v) is 4.30. The summed E-state index contributed by atoms with van der Waals surface area (Å²) in [5.74, 6) is -0.292. The Bertz CT molecular complexity index is 456. The molecule has 0 aliphatic heterocycles. The molecule has 0 heterocycles. The Morgan fingerprint density at radius 1 is 1.33 bits per heavy atom. The largest absolute Gasteiger partial charge is 0.492 e. The molecule has 1 aromatic carbocycles. The van der Waals surface area contributed by atoms with Crippen molar-refractivity contribution in [3.63, 3.8) is 0 Å². The van der Waals surface area contributed by atoms with Gasteiger partial charge in [-0.1, -0.05) is 30.9 Å². The molecule has 0 atom stereocenters. The molecule has 0 radical (unpaired) electrons. The Balaban J connectivity index is 2.53. The molecule has 0 aromatic heterocycles. The van der Waals surface area contributed by atoms with Gasteiger partial charge in [-0.05, 0) is 31.4 Å². The Kier molecular flexibility index (Phi) is 3.83. The van der Waals surface area contributed by atoms with E-state index in [4.69, 9.17) is 22.1 Å². The minimum Gasteiger partial charge on any atom is -0.492 e. The Morgan fingerprint density at radius 3 is 2.50 bits per heavy atom. The number of aryl methyl sites for hydroxylation is 1. The van der Waals surface area contributed by atoms with Crippen LogP contribution < -0.4 is 10.5 Å². The highest BCUT2D eigenvalue weighted by molar-refractivity contribution is 6.32. The lowest BCUT2D eigenvalue weighted by Crippen LogP contribution is -2.39. The molecule has 1 aliphatic carbocycles. The van der Waals surface area contributed by atoms with Crippen molar-refractivity contribution < 1.29 is 9.13 Å². The van der Waals surface area contributed by atoms with Gasteiger partial charge in [0, 0.05) is 11.1 Å². The Morgan fingerprint density at radius 2 is 1.94 bits per heavy atom. The zero-order valence-corrected chi connectivity index (χ0v) is 11.6. The number of ether oxygens (including phenoxy) is 1. The minimum absolute atomic E-state index is 0.113. The lowest BCUT2D eigenvalue weighted by molar-refractivity contribution is 0.287. The molecule has 0 unspecified atom stereocenters. The van der Waals surface area contributed by atoms with E-state index >= 15 is 0 Å². The summed E-state index contributed by atoms with van der Waals surface area (Å²) in [4.78, 5) is 0. The van der Waals surface area contributed by atoms with Crippen molar-refractivity contribution in [1.29, 1.82) is 0 Å². The predicted molar refractivity (Wildman–Crippen MR) is 71.6 cm³/mol. The molecule has 0 amide bonds. The number of benzene rings is 1. The van der Waals surface area contributed by atoms with E-state index < -0.39 is 11.4 Å². The second kappa shape index (κ2) is 5.06. The molecular weight excluding hydrogens is 253 g/mol. The molecule has 2 rings (SSSR count). The third-order valence-electron chi connectivity index (χ3n) is 3.83. The van der Waals surface area contributed by atoms with E-state index in [0.717, 1.165) is 31.2 Å². The number of hydrogen-bond donors (Lipinski definition) is 1. The van der Waals surface area contributed by atoms with Gasteiger partial charge < -0.3 is 10.5 Å². The van der Waals surface area contributed by atoms with Crippen LogP contribution in [-0.2, 0) is 5.54 Å². The van der Waals surface area contributed by atoms with Crippen LogP contribution in [0, 0.1) is 12.7 Å². The molecule has 1 saturated carbocycles. The summed E-state index contributed by atoms with van der Waals surface area (Å²) < 4.78 is 19.5. The Labute approximate surface area is 112 Å². The molecule has 1 aliphatic rings. The molecule has 2 N–H and O–H groups in total. The predicted octanol–water partition coefficient (Wildman–Crippen LogP) is 3.91. The number of rotatable bonds is 2. The van der Waals surface area contributed by atoms with Crippen molar-refractivity contribution >= 4 is 11.6 Å².